The van der Waals surface area contributed by atoms with Crippen LogP contribution in [-0.2, 0) is 19.6 Å². The van der Waals surface area contributed by atoms with Crippen molar-refractivity contribution in [3.63, 3.8) is 0 Å². The number of nitrogens with one attached hydrogen (secondary N) is 1. The maximum atomic E-state index is 13.3. The average Bonchev–Trinajstić information content (AvgIpc) is 2.66. The Hall–Kier alpha value is -1.68. The van der Waals surface area contributed by atoms with E-state index in [1.807, 2.05) is 0 Å². The van der Waals surface area contributed by atoms with E-state index < -0.39 is 16.0 Å². The third-order valence-electron chi connectivity index (χ3n) is 4.68. The van der Waals surface area contributed by atoms with Gasteiger partial charge in [-0.3, -0.25) is 4.79 Å². The van der Waals surface area contributed by atoms with Crippen LogP contribution in [0.25, 0.3) is 0 Å². The number of carbonyl (C=O) groups excluding carboxylic acids is 2. The smallest absolute Gasteiger partial charge is 0.337 e. The van der Waals surface area contributed by atoms with Gasteiger partial charge in [-0.15, -0.1) is 12.4 Å². The Bertz CT molecular complexity index is 800. The Kier molecular flexibility index (Phi) is 9.35. The van der Waals surface area contributed by atoms with Gasteiger partial charge in [0.15, 0.2) is 0 Å². The van der Waals surface area contributed by atoms with E-state index in [0.29, 0.717) is 18.5 Å². The van der Waals surface area contributed by atoms with Gasteiger partial charge in [0.05, 0.1) is 17.6 Å². The average molecular weight is 434 g/mol. The zero-order valence-electron chi connectivity index (χ0n) is 16.1. The number of nitrogens with zero attached hydrogens (tertiary/aromatic N) is 1. The van der Waals surface area contributed by atoms with Crippen LogP contribution < -0.4 is 11.1 Å². The molecule has 1 aromatic carbocycles. The summed E-state index contributed by atoms with van der Waals surface area (Å²) in [4.78, 5) is 23.6. The molecule has 0 radical (unpaired) electrons. The third kappa shape index (κ3) is 5.66. The number of nitrogens with two attached hydrogens (primary N) is 1. The van der Waals surface area contributed by atoms with E-state index in [0.717, 1.165) is 12.8 Å². The maximum absolute atomic E-state index is 13.3. The molecular weight excluding hydrogens is 406 g/mol. The summed E-state index contributed by atoms with van der Waals surface area (Å²) in [5.41, 5.74) is 6.11. The first-order chi connectivity index (χ1) is 12.8. The molecule has 1 amide bonds. The number of hydrogen-bond donors (Lipinski definition) is 2. The van der Waals surface area contributed by atoms with Crippen LogP contribution in [0.4, 0.5) is 0 Å². The Morgan fingerprint density at radius 2 is 2.04 bits per heavy atom. The number of esters is 1. The number of sulfonamides is 1. The SMILES string of the molecule is COC(=O)c1ccc(C)c(S(=O)(=O)N2CCCCC2CNC(=O)CCN)c1.Cl. The first-order valence-electron chi connectivity index (χ1n) is 8.98. The lowest BCUT2D eigenvalue weighted by molar-refractivity contribution is -0.121. The molecule has 1 atom stereocenters. The second-order valence-corrected chi connectivity index (χ2v) is 8.44. The van der Waals surface area contributed by atoms with E-state index in [1.165, 1.54) is 17.5 Å². The standard InChI is InChI=1S/C18H27N3O5S.ClH/c1-13-6-7-14(18(23)26-2)11-16(13)27(24,25)21-10-4-3-5-15(21)12-20-17(22)8-9-19;/h6-7,11,15H,3-5,8-10,12,19H2,1-2H3,(H,20,22);1H. The van der Waals surface area contributed by atoms with Gasteiger partial charge in [0.25, 0.3) is 0 Å². The van der Waals surface area contributed by atoms with Crippen LogP contribution in [0.15, 0.2) is 23.1 Å². The van der Waals surface area contributed by atoms with Crippen LogP contribution >= 0.6 is 12.4 Å². The minimum absolute atomic E-state index is 0. The topological polar surface area (TPSA) is 119 Å². The molecule has 0 aliphatic carbocycles. The van der Waals surface area contributed by atoms with E-state index in [2.05, 4.69) is 5.32 Å². The summed E-state index contributed by atoms with van der Waals surface area (Å²) >= 11 is 0. The zero-order valence-corrected chi connectivity index (χ0v) is 17.8. The van der Waals surface area contributed by atoms with Crippen molar-refractivity contribution in [1.29, 1.82) is 0 Å². The summed E-state index contributed by atoms with van der Waals surface area (Å²) in [6.07, 6.45) is 2.52. The highest BCUT2D eigenvalue weighted by molar-refractivity contribution is 7.89. The fraction of sp³-hybridized carbons (Fsp3) is 0.556. The summed E-state index contributed by atoms with van der Waals surface area (Å²) in [5.74, 6) is -0.778. The highest BCUT2D eigenvalue weighted by Gasteiger charge is 2.34. The number of hydrogen-bond acceptors (Lipinski definition) is 6. The first-order valence-corrected chi connectivity index (χ1v) is 10.4. The number of ether oxygens (including phenoxy) is 1. The van der Waals surface area contributed by atoms with Crippen LogP contribution in [0.5, 0.6) is 0 Å². The molecule has 0 aromatic heterocycles. The van der Waals surface area contributed by atoms with Gasteiger partial charge in [-0.1, -0.05) is 12.5 Å². The highest BCUT2D eigenvalue weighted by Crippen LogP contribution is 2.28. The van der Waals surface area contributed by atoms with E-state index in [1.54, 1.807) is 19.1 Å². The van der Waals surface area contributed by atoms with Gasteiger partial charge < -0.3 is 15.8 Å². The number of aryl methyl sites for hydroxylation is 1. The molecule has 28 heavy (non-hydrogen) atoms. The van der Waals surface area contributed by atoms with Gasteiger partial charge in [0.1, 0.15) is 0 Å². The molecule has 0 saturated carbocycles. The van der Waals surface area contributed by atoms with Crippen molar-refractivity contribution in [2.45, 2.75) is 43.5 Å². The lowest BCUT2D eigenvalue weighted by atomic mass is 10.1. The summed E-state index contributed by atoms with van der Waals surface area (Å²) in [5, 5.41) is 2.76. The predicted molar refractivity (Wildman–Crippen MR) is 108 cm³/mol. The molecule has 3 N–H and O–H groups in total. The van der Waals surface area contributed by atoms with Gasteiger partial charge in [-0.25, -0.2) is 13.2 Å². The molecule has 1 fully saturated rings. The minimum Gasteiger partial charge on any atom is -0.465 e. The van der Waals surface area contributed by atoms with Gasteiger partial charge in [0, 0.05) is 32.1 Å². The summed E-state index contributed by atoms with van der Waals surface area (Å²) < 4.78 is 32.7. The number of amides is 1. The number of benzene rings is 1. The van der Waals surface area contributed by atoms with E-state index in [4.69, 9.17) is 10.5 Å². The fourth-order valence-electron chi connectivity index (χ4n) is 3.19. The zero-order chi connectivity index (χ0) is 20.0. The molecule has 1 aliphatic heterocycles. The second-order valence-electron chi connectivity index (χ2n) is 6.58. The molecule has 8 nitrogen and oxygen atoms in total. The Labute approximate surface area is 172 Å². The third-order valence-corrected chi connectivity index (χ3v) is 6.77. The van der Waals surface area contributed by atoms with Crippen molar-refractivity contribution in [3.8, 4) is 0 Å². The largest absolute Gasteiger partial charge is 0.465 e. The second kappa shape index (κ2) is 10.8. The molecule has 10 heteroatoms. The van der Waals surface area contributed by atoms with Gasteiger partial charge >= 0.3 is 5.97 Å². The molecule has 158 valence electrons. The molecule has 0 spiro atoms. The van der Waals surface area contributed by atoms with Gasteiger partial charge in [-0.2, -0.15) is 4.31 Å². The number of carbonyl (C=O) groups is 2. The molecule has 1 heterocycles. The number of piperidine rings is 1. The van der Waals surface area contributed by atoms with E-state index in [-0.39, 0.29) is 54.3 Å². The quantitative estimate of drug-likeness (QED) is 0.624. The number of halogens is 1. The lowest BCUT2D eigenvalue weighted by Crippen LogP contribution is -2.49. The van der Waals surface area contributed by atoms with Crippen molar-refractivity contribution >= 4 is 34.3 Å². The molecule has 1 aliphatic rings. The van der Waals surface area contributed by atoms with Crippen molar-refractivity contribution in [1.82, 2.24) is 9.62 Å². The lowest BCUT2D eigenvalue weighted by Gasteiger charge is -2.35. The van der Waals surface area contributed by atoms with Crippen molar-refractivity contribution in [2.75, 3.05) is 26.7 Å². The normalized spacial score (nSPS) is 17.5. The fourth-order valence-corrected chi connectivity index (χ4v) is 5.14. The Morgan fingerprint density at radius 3 is 2.68 bits per heavy atom. The first kappa shape index (κ1) is 24.4. The van der Waals surface area contributed by atoms with Crippen LogP contribution in [0.1, 0.15) is 41.6 Å². The molecule has 1 aromatic rings. The van der Waals surface area contributed by atoms with Gasteiger partial charge in [0.2, 0.25) is 15.9 Å². The summed E-state index contributed by atoms with van der Waals surface area (Å²) in [6, 6.07) is 4.17. The van der Waals surface area contributed by atoms with E-state index >= 15 is 0 Å². The van der Waals surface area contributed by atoms with Crippen LogP contribution in [0.3, 0.4) is 0 Å². The number of methoxy groups -OCH3 is 1. The molecule has 1 unspecified atom stereocenters. The Balaban J connectivity index is 0.00000392. The minimum atomic E-state index is -3.82. The molecule has 1 saturated heterocycles. The van der Waals surface area contributed by atoms with Crippen molar-refractivity contribution in [2.24, 2.45) is 5.73 Å². The van der Waals surface area contributed by atoms with Crippen molar-refractivity contribution in [3.05, 3.63) is 29.3 Å². The van der Waals surface area contributed by atoms with E-state index in [9.17, 15) is 18.0 Å². The van der Waals surface area contributed by atoms with Crippen LogP contribution in [-0.4, -0.2) is 57.4 Å². The Morgan fingerprint density at radius 1 is 1.32 bits per heavy atom. The van der Waals surface area contributed by atoms with Gasteiger partial charge in [-0.05, 0) is 37.5 Å². The van der Waals surface area contributed by atoms with Crippen molar-refractivity contribution < 1.29 is 22.7 Å². The monoisotopic (exact) mass is 433 g/mol. The molecule has 2 rings (SSSR count). The maximum Gasteiger partial charge on any atom is 0.337 e. The predicted octanol–water partition coefficient (Wildman–Crippen LogP) is 1.21. The number of rotatable bonds is 7. The highest BCUT2D eigenvalue weighted by atomic mass is 35.5. The molecule has 0 bridgehead atoms. The molecular formula is C18H28ClN3O5S. The summed E-state index contributed by atoms with van der Waals surface area (Å²) in [7, 11) is -2.57. The summed E-state index contributed by atoms with van der Waals surface area (Å²) in [6.45, 7) is 2.56. The van der Waals surface area contributed by atoms with Crippen LogP contribution in [0, 0.1) is 6.92 Å². The van der Waals surface area contributed by atoms with Crippen LogP contribution in [0.2, 0.25) is 0 Å².